The first-order valence-corrected chi connectivity index (χ1v) is 11.8. The highest BCUT2D eigenvalue weighted by atomic mass is 35.5. The van der Waals surface area contributed by atoms with Crippen LogP contribution in [0.15, 0.2) is 71.8 Å². The summed E-state index contributed by atoms with van der Waals surface area (Å²) in [5, 5.41) is 9.37. The number of carbonyl (C=O) groups excluding carboxylic acids is 1. The molecule has 0 spiro atoms. The molecule has 0 bridgehead atoms. The Morgan fingerprint density at radius 1 is 1.17 bits per heavy atom. The third-order valence-electron chi connectivity index (χ3n) is 6.08. The molecule has 1 atom stereocenters. The van der Waals surface area contributed by atoms with Crippen LogP contribution in [0.4, 0.5) is 19.3 Å². The summed E-state index contributed by atoms with van der Waals surface area (Å²) in [6, 6.07) is 19.7. The van der Waals surface area contributed by atoms with Crippen molar-refractivity contribution >= 4 is 29.0 Å². The lowest BCUT2D eigenvalue weighted by molar-refractivity contribution is -0.0522. The number of fused-ring (bicyclic) bond motifs is 1. The van der Waals surface area contributed by atoms with Gasteiger partial charge in [0.15, 0.2) is 11.5 Å². The van der Waals surface area contributed by atoms with E-state index in [2.05, 4.69) is 10.4 Å². The largest absolute Gasteiger partial charge is 0.483 e. The van der Waals surface area contributed by atoms with Crippen LogP contribution >= 0.6 is 11.6 Å². The molecule has 3 aromatic carbocycles. The molecule has 6 nitrogen and oxygen atoms in total. The zero-order chi connectivity index (χ0) is 25.4. The van der Waals surface area contributed by atoms with Crippen LogP contribution in [0.3, 0.4) is 0 Å². The normalized spacial score (nSPS) is 18.0. The van der Waals surface area contributed by atoms with Crippen LogP contribution in [0.25, 0.3) is 0 Å². The van der Waals surface area contributed by atoms with Crippen LogP contribution in [0.5, 0.6) is 11.5 Å². The molecular weight excluding hydrogens is 488 g/mol. The number of halogens is 3. The lowest BCUT2D eigenvalue weighted by Gasteiger charge is -2.18. The molecule has 1 unspecified atom stereocenters. The molecule has 0 fully saturated rings. The van der Waals surface area contributed by atoms with Crippen molar-refractivity contribution in [3.8, 4) is 11.5 Å². The maximum absolute atomic E-state index is 13.3. The maximum Gasteiger partial charge on any atom is 0.387 e. The fourth-order valence-electron chi connectivity index (χ4n) is 4.58. The minimum atomic E-state index is -3.02. The summed E-state index contributed by atoms with van der Waals surface area (Å²) in [4.78, 5) is 13.3. The molecule has 2 aliphatic heterocycles. The highest BCUT2D eigenvalue weighted by Crippen LogP contribution is 2.44. The van der Waals surface area contributed by atoms with Crippen molar-refractivity contribution in [1.82, 2.24) is 5.01 Å². The van der Waals surface area contributed by atoms with Gasteiger partial charge in [0, 0.05) is 34.7 Å². The van der Waals surface area contributed by atoms with Gasteiger partial charge in [-0.25, -0.2) is 9.80 Å². The zero-order valence-electron chi connectivity index (χ0n) is 19.7. The summed E-state index contributed by atoms with van der Waals surface area (Å²) in [6.45, 7) is 1.01. The first-order chi connectivity index (χ1) is 17.2. The van der Waals surface area contributed by atoms with Crippen molar-refractivity contribution in [2.24, 2.45) is 5.10 Å². The average molecular weight is 512 g/mol. The molecule has 1 N–H and O–H groups in total. The predicted octanol–water partition coefficient (Wildman–Crippen LogP) is 6.69. The highest BCUT2D eigenvalue weighted by Gasteiger charge is 2.35. The molecule has 5 rings (SSSR count). The predicted molar refractivity (Wildman–Crippen MR) is 134 cm³/mol. The first-order valence-electron chi connectivity index (χ1n) is 11.5. The van der Waals surface area contributed by atoms with E-state index in [0.717, 1.165) is 16.8 Å². The molecule has 2 heterocycles. The molecule has 0 aromatic heterocycles. The Balaban J connectivity index is 1.43. The number of hydrogen-bond donors (Lipinski definition) is 1. The van der Waals surface area contributed by atoms with Gasteiger partial charge in [-0.05, 0) is 43.2 Å². The number of hydrogen-bond acceptors (Lipinski definition) is 4. The number of ether oxygens (including phenoxy) is 2. The van der Waals surface area contributed by atoms with Crippen molar-refractivity contribution in [2.75, 3.05) is 11.9 Å². The van der Waals surface area contributed by atoms with E-state index in [9.17, 15) is 13.6 Å². The van der Waals surface area contributed by atoms with E-state index in [1.807, 2.05) is 56.3 Å². The molecule has 186 valence electrons. The van der Waals surface area contributed by atoms with Crippen LogP contribution in [0.1, 0.15) is 36.5 Å². The van der Waals surface area contributed by atoms with E-state index < -0.39 is 18.2 Å². The lowest BCUT2D eigenvalue weighted by Crippen LogP contribution is -2.30. The Labute approximate surface area is 212 Å². The van der Waals surface area contributed by atoms with Gasteiger partial charge in [0.05, 0.1) is 12.3 Å². The fraction of sp³-hybridized carbons (Fsp3) is 0.259. The van der Waals surface area contributed by atoms with Crippen LogP contribution < -0.4 is 14.8 Å². The third-order valence-corrected chi connectivity index (χ3v) is 6.34. The maximum atomic E-state index is 13.3. The summed E-state index contributed by atoms with van der Waals surface area (Å²) in [5.74, 6) is 0.00838. The second-order valence-electron chi connectivity index (χ2n) is 9.35. The molecule has 0 aliphatic carbocycles. The van der Waals surface area contributed by atoms with E-state index in [-0.39, 0.29) is 17.4 Å². The number of carbonyl (C=O) groups is 1. The Hall–Kier alpha value is -3.65. The molecule has 0 saturated heterocycles. The smallest absolute Gasteiger partial charge is 0.387 e. The van der Waals surface area contributed by atoms with Crippen LogP contribution in [0.2, 0.25) is 5.02 Å². The van der Waals surface area contributed by atoms with Gasteiger partial charge < -0.3 is 14.8 Å². The van der Waals surface area contributed by atoms with Gasteiger partial charge in [0.25, 0.3) is 0 Å². The van der Waals surface area contributed by atoms with Gasteiger partial charge in [-0.15, -0.1) is 0 Å². The molecule has 2 aliphatic rings. The number of anilines is 1. The second-order valence-corrected chi connectivity index (χ2v) is 9.78. The van der Waals surface area contributed by atoms with Gasteiger partial charge in [0.1, 0.15) is 5.60 Å². The van der Waals surface area contributed by atoms with Gasteiger partial charge in [-0.3, -0.25) is 0 Å². The van der Waals surface area contributed by atoms with Crippen molar-refractivity contribution in [3.05, 3.63) is 88.4 Å². The van der Waals surface area contributed by atoms with Gasteiger partial charge in [-0.1, -0.05) is 54.1 Å². The summed E-state index contributed by atoms with van der Waals surface area (Å²) in [6.07, 6.45) is 0.490. The van der Waals surface area contributed by atoms with Crippen molar-refractivity contribution in [1.29, 1.82) is 0 Å². The Morgan fingerprint density at radius 3 is 2.58 bits per heavy atom. The summed E-state index contributed by atoms with van der Waals surface area (Å²) < 4.78 is 36.6. The second kappa shape index (κ2) is 9.43. The number of benzene rings is 3. The number of nitrogens with zero attached hydrogens (tertiary/aromatic N) is 2. The Kier molecular flexibility index (Phi) is 6.30. The SMILES string of the molecule is CC1(C)Cc2cc(NC(=O)N3CC(c4ccccc4)C(c4ccc(Cl)cc4)=N3)cc(OC(F)F)c2O1. The fourth-order valence-corrected chi connectivity index (χ4v) is 4.70. The summed E-state index contributed by atoms with van der Waals surface area (Å²) >= 11 is 6.06. The highest BCUT2D eigenvalue weighted by molar-refractivity contribution is 6.30. The van der Waals surface area contributed by atoms with Crippen molar-refractivity contribution in [2.45, 2.75) is 38.4 Å². The van der Waals surface area contributed by atoms with E-state index in [1.54, 1.807) is 18.2 Å². The van der Waals surface area contributed by atoms with E-state index in [4.69, 9.17) is 21.1 Å². The molecule has 0 saturated carbocycles. The molecule has 36 heavy (non-hydrogen) atoms. The molecule has 9 heteroatoms. The van der Waals surface area contributed by atoms with Crippen LogP contribution in [0, 0.1) is 0 Å². The Bertz CT molecular complexity index is 1310. The van der Waals surface area contributed by atoms with Gasteiger partial charge in [-0.2, -0.15) is 13.9 Å². The number of nitrogens with one attached hydrogen (secondary N) is 1. The Morgan fingerprint density at radius 2 is 1.89 bits per heavy atom. The number of urea groups is 1. The number of rotatable bonds is 5. The van der Waals surface area contributed by atoms with E-state index in [1.165, 1.54) is 11.1 Å². The summed E-state index contributed by atoms with van der Waals surface area (Å²) in [5.41, 5.74) is 3.04. The number of alkyl halides is 2. The van der Waals surface area contributed by atoms with E-state index >= 15 is 0 Å². The average Bonchev–Trinajstić information content (AvgIpc) is 3.40. The minimum absolute atomic E-state index is 0.114. The zero-order valence-corrected chi connectivity index (χ0v) is 20.4. The quantitative estimate of drug-likeness (QED) is 0.415. The van der Waals surface area contributed by atoms with E-state index in [0.29, 0.717) is 29.2 Å². The standard InChI is InChI=1S/C27H24ClF2N3O3/c1-27(2)14-18-12-20(13-22(24(18)36-27)35-25(29)30)31-26(34)33-15-21(16-6-4-3-5-7-16)23(32-33)17-8-10-19(28)11-9-17/h3-13,21,25H,14-15H2,1-2H3,(H,31,34). The number of hydrazone groups is 1. The van der Waals surface area contributed by atoms with Crippen molar-refractivity contribution < 1.29 is 23.0 Å². The third kappa shape index (κ3) is 4.99. The topological polar surface area (TPSA) is 63.2 Å². The lowest BCUT2D eigenvalue weighted by atomic mass is 9.91. The first kappa shape index (κ1) is 24.1. The summed E-state index contributed by atoms with van der Waals surface area (Å²) in [7, 11) is 0. The van der Waals surface area contributed by atoms with Gasteiger partial charge in [0.2, 0.25) is 0 Å². The molecule has 0 radical (unpaired) electrons. The van der Waals surface area contributed by atoms with Crippen LogP contribution in [-0.4, -0.2) is 35.5 Å². The monoisotopic (exact) mass is 511 g/mol. The number of amides is 2. The molecule has 2 amide bonds. The van der Waals surface area contributed by atoms with Crippen LogP contribution in [-0.2, 0) is 6.42 Å². The minimum Gasteiger partial charge on any atom is -0.483 e. The van der Waals surface area contributed by atoms with Gasteiger partial charge >= 0.3 is 12.6 Å². The molecular formula is C27H24ClF2N3O3. The van der Waals surface area contributed by atoms with Crippen molar-refractivity contribution in [3.63, 3.8) is 0 Å². The molecule has 3 aromatic rings.